The molecule has 1 N–H and O–H groups in total. The van der Waals surface area contributed by atoms with Crippen LogP contribution >= 0.6 is 11.6 Å². The summed E-state index contributed by atoms with van der Waals surface area (Å²) in [6.45, 7) is 2.89. The van der Waals surface area contributed by atoms with E-state index in [1.807, 2.05) is 19.1 Å². The standard InChI is InChI=1S/C16H19ClFNO/c1-2-19-12(8-9-13-5-4-10-20-13)11-14-15(17)6-3-7-16(14)18/h3-7,10,12,19H,2,8-9,11H2,1H3. The van der Waals surface area contributed by atoms with E-state index in [1.165, 1.54) is 6.07 Å². The predicted molar refractivity (Wildman–Crippen MR) is 79.6 cm³/mol. The fourth-order valence-electron chi connectivity index (χ4n) is 2.31. The molecule has 0 spiro atoms. The van der Waals surface area contributed by atoms with Gasteiger partial charge in [0, 0.05) is 23.0 Å². The summed E-state index contributed by atoms with van der Waals surface area (Å²) >= 11 is 6.09. The van der Waals surface area contributed by atoms with E-state index in [1.54, 1.807) is 18.4 Å². The summed E-state index contributed by atoms with van der Waals surface area (Å²) in [6.07, 6.45) is 3.97. The summed E-state index contributed by atoms with van der Waals surface area (Å²) in [7, 11) is 0. The summed E-state index contributed by atoms with van der Waals surface area (Å²) in [5.74, 6) is 0.714. The van der Waals surface area contributed by atoms with E-state index in [4.69, 9.17) is 16.0 Å². The Morgan fingerprint density at radius 2 is 2.15 bits per heavy atom. The van der Waals surface area contributed by atoms with Gasteiger partial charge in [-0.2, -0.15) is 0 Å². The predicted octanol–water partition coefficient (Wildman–Crippen LogP) is 4.23. The molecule has 108 valence electrons. The number of likely N-dealkylation sites (N-methyl/N-ethyl adjacent to an activating group) is 1. The number of hydrogen-bond acceptors (Lipinski definition) is 2. The molecule has 0 fully saturated rings. The molecule has 1 aromatic carbocycles. The monoisotopic (exact) mass is 295 g/mol. The van der Waals surface area contributed by atoms with E-state index in [9.17, 15) is 4.39 Å². The molecular weight excluding hydrogens is 277 g/mol. The van der Waals surface area contributed by atoms with Crippen LogP contribution in [-0.4, -0.2) is 12.6 Å². The maximum atomic E-state index is 13.8. The molecule has 0 bridgehead atoms. The molecule has 0 aliphatic heterocycles. The second-order valence-corrected chi connectivity index (χ2v) is 5.18. The molecule has 1 heterocycles. The molecule has 2 aromatic rings. The number of halogens is 2. The van der Waals surface area contributed by atoms with E-state index in [0.717, 1.165) is 25.1 Å². The van der Waals surface area contributed by atoms with Crippen molar-refractivity contribution in [3.8, 4) is 0 Å². The average Bonchev–Trinajstić information content (AvgIpc) is 2.93. The van der Waals surface area contributed by atoms with Crippen LogP contribution in [0.15, 0.2) is 41.0 Å². The molecule has 4 heteroatoms. The van der Waals surface area contributed by atoms with Crippen LogP contribution < -0.4 is 5.32 Å². The maximum absolute atomic E-state index is 13.8. The minimum Gasteiger partial charge on any atom is -0.469 e. The van der Waals surface area contributed by atoms with Crippen molar-refractivity contribution in [3.05, 3.63) is 58.8 Å². The first kappa shape index (κ1) is 15.1. The quantitative estimate of drug-likeness (QED) is 0.827. The van der Waals surface area contributed by atoms with E-state index in [-0.39, 0.29) is 11.9 Å². The highest BCUT2D eigenvalue weighted by atomic mass is 35.5. The molecular formula is C16H19ClFNO. The van der Waals surface area contributed by atoms with Crippen molar-refractivity contribution in [2.75, 3.05) is 6.54 Å². The lowest BCUT2D eigenvalue weighted by molar-refractivity contribution is 0.443. The van der Waals surface area contributed by atoms with Crippen molar-refractivity contribution in [3.63, 3.8) is 0 Å². The Hall–Kier alpha value is -1.32. The van der Waals surface area contributed by atoms with Gasteiger partial charge in [0.15, 0.2) is 0 Å². The lowest BCUT2D eigenvalue weighted by Gasteiger charge is -2.18. The number of rotatable bonds is 7. The van der Waals surface area contributed by atoms with Crippen molar-refractivity contribution < 1.29 is 8.81 Å². The largest absolute Gasteiger partial charge is 0.469 e. The maximum Gasteiger partial charge on any atom is 0.127 e. The second-order valence-electron chi connectivity index (χ2n) is 4.78. The smallest absolute Gasteiger partial charge is 0.127 e. The summed E-state index contributed by atoms with van der Waals surface area (Å²) in [4.78, 5) is 0. The zero-order valence-electron chi connectivity index (χ0n) is 11.5. The van der Waals surface area contributed by atoms with Gasteiger partial charge >= 0.3 is 0 Å². The SMILES string of the molecule is CCNC(CCc1ccco1)Cc1c(F)cccc1Cl. The number of nitrogens with one attached hydrogen (secondary N) is 1. The molecule has 1 atom stereocenters. The van der Waals surface area contributed by atoms with Crippen LogP contribution in [0.25, 0.3) is 0 Å². The average molecular weight is 296 g/mol. The van der Waals surface area contributed by atoms with Gasteiger partial charge in [0.2, 0.25) is 0 Å². The molecule has 20 heavy (non-hydrogen) atoms. The Labute approximate surface area is 123 Å². The van der Waals surface area contributed by atoms with Crippen molar-refractivity contribution in [1.29, 1.82) is 0 Å². The normalized spacial score (nSPS) is 12.6. The van der Waals surface area contributed by atoms with Crippen LogP contribution in [0.5, 0.6) is 0 Å². The zero-order chi connectivity index (χ0) is 14.4. The van der Waals surface area contributed by atoms with Gasteiger partial charge in [-0.3, -0.25) is 0 Å². The van der Waals surface area contributed by atoms with Crippen molar-refractivity contribution in [1.82, 2.24) is 5.32 Å². The van der Waals surface area contributed by atoms with Crippen LogP contribution in [-0.2, 0) is 12.8 Å². The first-order valence-corrected chi connectivity index (χ1v) is 7.27. The lowest BCUT2D eigenvalue weighted by Crippen LogP contribution is -2.31. The Kier molecular flexibility index (Phi) is 5.62. The molecule has 0 aliphatic carbocycles. The fraction of sp³-hybridized carbons (Fsp3) is 0.375. The van der Waals surface area contributed by atoms with Crippen LogP contribution in [0, 0.1) is 5.82 Å². The van der Waals surface area contributed by atoms with Crippen LogP contribution in [0.4, 0.5) is 4.39 Å². The first-order chi connectivity index (χ1) is 9.70. The van der Waals surface area contributed by atoms with E-state index < -0.39 is 0 Å². The van der Waals surface area contributed by atoms with Gasteiger partial charge in [0.05, 0.1) is 6.26 Å². The molecule has 1 unspecified atom stereocenters. The molecule has 0 saturated heterocycles. The van der Waals surface area contributed by atoms with Crippen molar-refractivity contribution >= 4 is 11.6 Å². The lowest BCUT2D eigenvalue weighted by atomic mass is 10.0. The third kappa shape index (κ3) is 4.09. The molecule has 0 saturated carbocycles. The highest BCUT2D eigenvalue weighted by Crippen LogP contribution is 2.21. The van der Waals surface area contributed by atoms with Crippen LogP contribution in [0.2, 0.25) is 5.02 Å². The second kappa shape index (κ2) is 7.46. The van der Waals surface area contributed by atoms with Crippen LogP contribution in [0.3, 0.4) is 0 Å². The fourth-order valence-corrected chi connectivity index (χ4v) is 2.55. The Balaban J connectivity index is 2.01. The third-order valence-corrected chi connectivity index (χ3v) is 3.68. The highest BCUT2D eigenvalue weighted by molar-refractivity contribution is 6.31. The summed E-state index contributed by atoms with van der Waals surface area (Å²) in [5.41, 5.74) is 0.583. The minimum atomic E-state index is -0.238. The van der Waals surface area contributed by atoms with Gasteiger partial charge in [0.1, 0.15) is 11.6 Å². The zero-order valence-corrected chi connectivity index (χ0v) is 12.3. The van der Waals surface area contributed by atoms with E-state index in [0.29, 0.717) is 17.0 Å². The summed E-state index contributed by atoms with van der Waals surface area (Å²) in [6, 6.07) is 8.84. The minimum absolute atomic E-state index is 0.180. The van der Waals surface area contributed by atoms with Gasteiger partial charge in [-0.1, -0.05) is 24.6 Å². The molecule has 0 aliphatic rings. The number of aryl methyl sites for hydroxylation is 1. The number of furan rings is 1. The molecule has 0 amide bonds. The van der Waals surface area contributed by atoms with Gasteiger partial charge in [-0.15, -0.1) is 0 Å². The topological polar surface area (TPSA) is 25.2 Å². The molecule has 1 aromatic heterocycles. The first-order valence-electron chi connectivity index (χ1n) is 6.89. The van der Waals surface area contributed by atoms with Gasteiger partial charge in [-0.25, -0.2) is 4.39 Å². The van der Waals surface area contributed by atoms with Gasteiger partial charge in [0.25, 0.3) is 0 Å². The van der Waals surface area contributed by atoms with E-state index in [2.05, 4.69) is 5.32 Å². The van der Waals surface area contributed by atoms with Crippen molar-refractivity contribution in [2.45, 2.75) is 32.2 Å². The Morgan fingerprint density at radius 1 is 1.30 bits per heavy atom. The summed E-state index contributed by atoms with van der Waals surface area (Å²) in [5, 5.41) is 3.87. The molecule has 2 rings (SSSR count). The number of hydrogen-bond donors (Lipinski definition) is 1. The Morgan fingerprint density at radius 3 is 2.80 bits per heavy atom. The van der Waals surface area contributed by atoms with Crippen LogP contribution in [0.1, 0.15) is 24.7 Å². The van der Waals surface area contributed by atoms with E-state index >= 15 is 0 Å². The molecule has 2 nitrogen and oxygen atoms in total. The Bertz CT molecular complexity index is 507. The van der Waals surface area contributed by atoms with Crippen molar-refractivity contribution in [2.24, 2.45) is 0 Å². The summed E-state index contributed by atoms with van der Waals surface area (Å²) < 4.78 is 19.2. The highest BCUT2D eigenvalue weighted by Gasteiger charge is 2.14. The number of benzene rings is 1. The van der Waals surface area contributed by atoms with Gasteiger partial charge < -0.3 is 9.73 Å². The van der Waals surface area contributed by atoms with Gasteiger partial charge in [-0.05, 0) is 43.7 Å². The third-order valence-electron chi connectivity index (χ3n) is 3.32. The molecule has 0 radical (unpaired) electrons.